The van der Waals surface area contributed by atoms with E-state index < -0.39 is 4.92 Å². The maximum Gasteiger partial charge on any atom is 0.278 e. The van der Waals surface area contributed by atoms with Gasteiger partial charge in [0.1, 0.15) is 5.82 Å². The highest BCUT2D eigenvalue weighted by Gasteiger charge is 2.35. The van der Waals surface area contributed by atoms with Crippen LogP contribution in [-0.4, -0.2) is 54.5 Å². The zero-order valence-electron chi connectivity index (χ0n) is 16.8. The molecule has 4 rings (SSSR count). The molecule has 2 fully saturated rings. The van der Waals surface area contributed by atoms with E-state index in [1.54, 1.807) is 30.3 Å². The maximum atomic E-state index is 14.0. The van der Waals surface area contributed by atoms with E-state index in [2.05, 4.69) is 4.90 Å². The molecule has 0 radical (unpaired) electrons. The van der Waals surface area contributed by atoms with Crippen molar-refractivity contribution in [2.75, 3.05) is 37.6 Å². The fourth-order valence-electron chi connectivity index (χ4n) is 3.98. The van der Waals surface area contributed by atoms with Gasteiger partial charge in [-0.05, 0) is 31.0 Å². The van der Waals surface area contributed by atoms with Gasteiger partial charge in [0, 0.05) is 36.0 Å². The number of piperazine rings is 1. The Morgan fingerprint density at radius 1 is 1.13 bits per heavy atom. The molecule has 0 atom stereocenters. The topological polar surface area (TPSA) is 71.1 Å². The lowest BCUT2D eigenvalue weighted by molar-refractivity contribution is -0.892. The number of nitrogens with one attached hydrogen (secondary N) is 1. The van der Waals surface area contributed by atoms with Crippen molar-refractivity contribution in [2.24, 2.45) is 0 Å². The largest absolute Gasteiger partial charge is 0.360 e. The van der Waals surface area contributed by atoms with Crippen LogP contribution in [0.2, 0.25) is 0 Å². The third kappa shape index (κ3) is 4.76. The predicted molar refractivity (Wildman–Crippen MR) is 111 cm³/mol. The number of hydrogen-bond donors (Lipinski definition) is 1. The number of quaternary nitrogens is 1. The maximum absolute atomic E-state index is 14.0. The second-order valence-electron chi connectivity index (χ2n) is 8.03. The molecule has 1 amide bonds. The van der Waals surface area contributed by atoms with Crippen LogP contribution in [0, 0.1) is 15.9 Å². The summed E-state index contributed by atoms with van der Waals surface area (Å²) in [5, 5.41) is 10.8. The second kappa shape index (κ2) is 8.79. The Hall–Kier alpha value is -3.00. The summed E-state index contributed by atoms with van der Waals surface area (Å²) < 4.78 is 14.0. The van der Waals surface area contributed by atoms with Crippen LogP contribution in [-0.2, 0) is 11.3 Å². The minimum absolute atomic E-state index is 0.0829. The molecule has 0 unspecified atom stereocenters. The number of hydrogen-bond acceptors (Lipinski definition) is 4. The summed E-state index contributed by atoms with van der Waals surface area (Å²) in [6.07, 6.45) is 1.98. The Morgan fingerprint density at radius 3 is 2.40 bits per heavy atom. The summed E-state index contributed by atoms with van der Waals surface area (Å²) in [4.78, 5) is 28.6. The monoisotopic (exact) mass is 413 g/mol. The number of carbonyl (C=O) groups is 1. The van der Waals surface area contributed by atoms with Gasteiger partial charge in [-0.1, -0.05) is 18.2 Å². The number of amides is 1. The fourth-order valence-corrected chi connectivity index (χ4v) is 3.98. The number of benzene rings is 2. The van der Waals surface area contributed by atoms with E-state index >= 15 is 0 Å². The van der Waals surface area contributed by atoms with Gasteiger partial charge >= 0.3 is 0 Å². The normalized spacial score (nSPS) is 17.0. The molecule has 8 heteroatoms. The molecular weight excluding hydrogens is 387 g/mol. The molecule has 0 spiro atoms. The van der Waals surface area contributed by atoms with E-state index in [0.29, 0.717) is 18.7 Å². The van der Waals surface area contributed by atoms with Crippen LogP contribution in [0.3, 0.4) is 0 Å². The van der Waals surface area contributed by atoms with Crippen molar-refractivity contribution in [2.45, 2.75) is 25.4 Å². The fraction of sp³-hybridized carbons (Fsp3) is 0.409. The first-order valence-corrected chi connectivity index (χ1v) is 10.4. The Kier molecular flexibility index (Phi) is 5.94. The number of non-ortho nitro benzene ring substituents is 1. The number of anilines is 1. The Morgan fingerprint density at radius 2 is 1.80 bits per heavy atom. The zero-order valence-corrected chi connectivity index (χ0v) is 16.8. The molecule has 1 heterocycles. The van der Waals surface area contributed by atoms with Gasteiger partial charge in [-0.25, -0.2) is 4.39 Å². The van der Waals surface area contributed by atoms with Gasteiger partial charge in [-0.2, -0.15) is 0 Å². The Bertz CT molecular complexity index is 909. The molecular formula is C22H26FN4O3+. The number of nitro benzene ring substituents is 1. The first-order valence-electron chi connectivity index (χ1n) is 10.4. The molecule has 30 heavy (non-hydrogen) atoms. The molecule has 1 saturated heterocycles. The lowest BCUT2D eigenvalue weighted by Crippen LogP contribution is -3.15. The molecule has 1 aliphatic heterocycles. The van der Waals surface area contributed by atoms with E-state index in [-0.39, 0.29) is 23.5 Å². The van der Waals surface area contributed by atoms with Gasteiger partial charge in [0.2, 0.25) is 0 Å². The van der Waals surface area contributed by atoms with Crippen molar-refractivity contribution in [3.63, 3.8) is 0 Å². The van der Waals surface area contributed by atoms with Crippen LogP contribution < -0.4 is 9.80 Å². The molecule has 7 nitrogen and oxygen atoms in total. The van der Waals surface area contributed by atoms with Crippen LogP contribution in [0.15, 0.2) is 48.5 Å². The standard InChI is InChI=1S/C22H25FN4O3/c23-21-4-2-1-3-17(21)15-26(19-7-8-19)22(28)16-24-11-13-25(14-12-24)18-5-9-20(10-6-18)27(29)30/h1-6,9-10,19H,7-8,11-16H2/p+1. The van der Waals surface area contributed by atoms with E-state index in [0.717, 1.165) is 44.7 Å². The van der Waals surface area contributed by atoms with Crippen molar-refractivity contribution in [3.8, 4) is 0 Å². The van der Waals surface area contributed by atoms with Gasteiger partial charge in [0.25, 0.3) is 11.6 Å². The SMILES string of the molecule is O=C(C[NH+]1CCN(c2ccc([N+](=O)[O-])cc2)CC1)N(Cc1ccccc1F)C1CC1. The Balaban J connectivity index is 1.32. The number of carbonyl (C=O) groups excluding carboxylic acids is 1. The van der Waals surface area contributed by atoms with Gasteiger partial charge in [-0.15, -0.1) is 0 Å². The second-order valence-corrected chi connectivity index (χ2v) is 8.03. The highest BCUT2D eigenvalue weighted by molar-refractivity contribution is 5.77. The Labute approximate surface area is 174 Å². The first-order chi connectivity index (χ1) is 14.5. The van der Waals surface area contributed by atoms with Crippen LogP contribution in [0.25, 0.3) is 0 Å². The molecule has 0 bridgehead atoms. The minimum atomic E-state index is -0.398. The summed E-state index contributed by atoms with van der Waals surface area (Å²) in [5.74, 6) is -0.181. The third-order valence-corrected chi connectivity index (χ3v) is 5.90. The predicted octanol–water partition coefficient (Wildman–Crippen LogP) is 1.63. The van der Waals surface area contributed by atoms with Crippen molar-refractivity contribution in [3.05, 3.63) is 70.0 Å². The molecule has 2 aromatic carbocycles. The molecule has 1 saturated carbocycles. The molecule has 2 aliphatic rings. The minimum Gasteiger partial charge on any atom is -0.360 e. The third-order valence-electron chi connectivity index (χ3n) is 5.90. The summed E-state index contributed by atoms with van der Waals surface area (Å²) in [7, 11) is 0. The molecule has 2 aromatic rings. The molecule has 1 N–H and O–H groups in total. The van der Waals surface area contributed by atoms with Crippen LogP contribution in [0.4, 0.5) is 15.8 Å². The molecule has 158 valence electrons. The van der Waals surface area contributed by atoms with Crippen molar-refractivity contribution in [1.82, 2.24) is 4.90 Å². The van der Waals surface area contributed by atoms with Gasteiger partial charge < -0.3 is 14.7 Å². The number of nitro groups is 1. The van der Waals surface area contributed by atoms with Gasteiger partial charge in [0.15, 0.2) is 6.54 Å². The van der Waals surface area contributed by atoms with Crippen LogP contribution in [0.5, 0.6) is 0 Å². The van der Waals surface area contributed by atoms with E-state index in [4.69, 9.17) is 0 Å². The zero-order chi connectivity index (χ0) is 21.1. The van der Waals surface area contributed by atoms with Crippen molar-refractivity contribution in [1.29, 1.82) is 0 Å². The first kappa shape index (κ1) is 20.3. The molecule has 0 aromatic heterocycles. The number of nitrogens with zero attached hydrogens (tertiary/aromatic N) is 3. The lowest BCUT2D eigenvalue weighted by atomic mass is 10.2. The van der Waals surface area contributed by atoms with E-state index in [1.807, 2.05) is 4.90 Å². The number of halogens is 1. The quantitative estimate of drug-likeness (QED) is 0.553. The van der Waals surface area contributed by atoms with E-state index in [1.165, 1.54) is 23.1 Å². The highest BCUT2D eigenvalue weighted by Crippen LogP contribution is 2.28. The smallest absolute Gasteiger partial charge is 0.278 e. The lowest BCUT2D eigenvalue weighted by Gasteiger charge is -2.34. The summed E-state index contributed by atoms with van der Waals surface area (Å²) in [6, 6.07) is 13.5. The highest BCUT2D eigenvalue weighted by atomic mass is 19.1. The summed E-state index contributed by atoms with van der Waals surface area (Å²) in [6.45, 7) is 3.97. The average Bonchev–Trinajstić information content (AvgIpc) is 3.59. The average molecular weight is 413 g/mol. The van der Waals surface area contributed by atoms with Gasteiger partial charge in [0.05, 0.1) is 31.1 Å². The van der Waals surface area contributed by atoms with Crippen LogP contribution >= 0.6 is 0 Å². The van der Waals surface area contributed by atoms with E-state index in [9.17, 15) is 19.3 Å². The van der Waals surface area contributed by atoms with Crippen molar-refractivity contribution >= 4 is 17.3 Å². The van der Waals surface area contributed by atoms with Crippen molar-refractivity contribution < 1.29 is 19.0 Å². The van der Waals surface area contributed by atoms with Gasteiger partial charge in [-0.3, -0.25) is 14.9 Å². The number of rotatable bonds is 7. The molecule has 1 aliphatic carbocycles. The summed E-state index contributed by atoms with van der Waals surface area (Å²) in [5.41, 5.74) is 1.62. The van der Waals surface area contributed by atoms with Crippen LogP contribution in [0.1, 0.15) is 18.4 Å². The summed E-state index contributed by atoms with van der Waals surface area (Å²) >= 11 is 0.